The lowest BCUT2D eigenvalue weighted by molar-refractivity contribution is -0.138. The van der Waals surface area contributed by atoms with Crippen molar-refractivity contribution in [3.63, 3.8) is 0 Å². The predicted octanol–water partition coefficient (Wildman–Crippen LogP) is 6.02. The Hall–Kier alpha value is -0.840. The summed E-state index contributed by atoms with van der Waals surface area (Å²) in [6.07, 6.45) is 12.4. The van der Waals surface area contributed by atoms with Crippen molar-refractivity contribution in [3.8, 4) is 0 Å². The first kappa shape index (κ1) is 26.2. The quantitative estimate of drug-likeness (QED) is 0.211. The fourth-order valence-electron chi connectivity index (χ4n) is 3.65. The van der Waals surface area contributed by atoms with E-state index in [0.29, 0.717) is 24.7 Å². The summed E-state index contributed by atoms with van der Waals surface area (Å²) in [4.78, 5) is 37.7. The second kappa shape index (κ2) is 15.0. The minimum Gasteiger partial charge on any atom is -0.299 e. The molecule has 0 N–H and O–H groups in total. The monoisotopic (exact) mass is 425 g/mol. The second-order valence-electron chi connectivity index (χ2n) is 9.18. The molecule has 1 aliphatic rings. The Kier molecular flexibility index (Phi) is 13.6. The zero-order chi connectivity index (χ0) is 21.6. The van der Waals surface area contributed by atoms with Crippen LogP contribution < -0.4 is 0 Å². The Morgan fingerprint density at radius 2 is 1.52 bits per heavy atom. The molecule has 4 nitrogen and oxygen atoms in total. The van der Waals surface area contributed by atoms with E-state index < -0.39 is 0 Å². The zero-order valence-electron chi connectivity index (χ0n) is 19.2. The van der Waals surface area contributed by atoms with Crippen LogP contribution in [0.15, 0.2) is 0 Å². The number of amides is 2. The number of rotatable bonds is 17. The topological polar surface area (TPSA) is 54.5 Å². The van der Waals surface area contributed by atoms with Crippen molar-refractivity contribution in [1.82, 2.24) is 4.90 Å². The highest BCUT2D eigenvalue weighted by atomic mass is 32.2. The number of imide groups is 1. The van der Waals surface area contributed by atoms with Crippen molar-refractivity contribution in [3.05, 3.63) is 0 Å². The molecule has 29 heavy (non-hydrogen) atoms. The summed E-state index contributed by atoms with van der Waals surface area (Å²) in [7, 11) is 0. The van der Waals surface area contributed by atoms with Gasteiger partial charge < -0.3 is 0 Å². The van der Waals surface area contributed by atoms with Crippen LogP contribution in [0.5, 0.6) is 0 Å². The lowest BCUT2D eigenvalue weighted by Crippen LogP contribution is -2.32. The molecule has 5 heteroatoms. The van der Waals surface area contributed by atoms with Crippen molar-refractivity contribution >= 4 is 29.4 Å². The molecule has 0 aliphatic carbocycles. The summed E-state index contributed by atoms with van der Waals surface area (Å²) in [5.74, 6) is 2.28. The smallest absolute Gasteiger partial charge is 0.242 e. The average molecular weight is 426 g/mol. The summed E-state index contributed by atoms with van der Waals surface area (Å²) in [5.41, 5.74) is 0. The van der Waals surface area contributed by atoms with Crippen LogP contribution in [0.4, 0.5) is 0 Å². The van der Waals surface area contributed by atoms with E-state index in [0.717, 1.165) is 50.7 Å². The van der Waals surface area contributed by atoms with Gasteiger partial charge in [-0.2, -0.15) is 0 Å². The van der Waals surface area contributed by atoms with Gasteiger partial charge in [0.2, 0.25) is 11.8 Å². The molecule has 0 aromatic rings. The summed E-state index contributed by atoms with van der Waals surface area (Å²) in [5, 5.41) is -0.141. The molecule has 2 amide bonds. The Morgan fingerprint density at radius 3 is 2.10 bits per heavy atom. The summed E-state index contributed by atoms with van der Waals surface area (Å²) < 4.78 is 0. The van der Waals surface area contributed by atoms with Gasteiger partial charge in [-0.15, -0.1) is 11.8 Å². The lowest BCUT2D eigenvalue weighted by atomic mass is 10.0. The predicted molar refractivity (Wildman–Crippen MR) is 123 cm³/mol. The van der Waals surface area contributed by atoms with Crippen LogP contribution in [-0.4, -0.2) is 40.0 Å². The first-order valence-corrected chi connectivity index (χ1v) is 12.9. The van der Waals surface area contributed by atoms with Crippen LogP contribution in [0, 0.1) is 11.8 Å². The number of ketones is 1. The highest BCUT2D eigenvalue weighted by Gasteiger charge is 2.38. The number of hydrogen-bond acceptors (Lipinski definition) is 4. The maximum atomic E-state index is 12.5. The van der Waals surface area contributed by atoms with E-state index in [2.05, 4.69) is 13.8 Å². The van der Waals surface area contributed by atoms with Crippen LogP contribution in [0.3, 0.4) is 0 Å². The molecule has 0 bridgehead atoms. The van der Waals surface area contributed by atoms with Gasteiger partial charge in [-0.25, -0.2) is 0 Å². The number of thioether (sulfide) groups is 1. The molecule has 0 aromatic carbocycles. The fraction of sp³-hybridized carbons (Fsp3) is 0.875. The Balaban J connectivity index is 2.03. The van der Waals surface area contributed by atoms with Crippen molar-refractivity contribution in [2.24, 2.45) is 11.8 Å². The summed E-state index contributed by atoms with van der Waals surface area (Å²) in [6.45, 7) is 8.97. The molecule has 0 spiro atoms. The van der Waals surface area contributed by atoms with Gasteiger partial charge in [-0.05, 0) is 30.9 Å². The van der Waals surface area contributed by atoms with E-state index in [1.165, 1.54) is 30.6 Å². The molecule has 0 saturated carbocycles. The zero-order valence-corrected chi connectivity index (χ0v) is 20.0. The van der Waals surface area contributed by atoms with E-state index in [1.807, 2.05) is 13.8 Å². The van der Waals surface area contributed by atoms with E-state index >= 15 is 0 Å². The molecule has 1 atom stereocenters. The molecule has 1 unspecified atom stereocenters. The highest BCUT2D eigenvalue weighted by Crippen LogP contribution is 2.27. The minimum atomic E-state index is -0.141. The Morgan fingerprint density at radius 1 is 0.931 bits per heavy atom. The third-order valence-corrected chi connectivity index (χ3v) is 6.94. The SMILES string of the molecule is CC(C)CCCSC1CC(=O)N(CCCCCCCCCCC(=O)C(C)C)C1=O. The van der Waals surface area contributed by atoms with E-state index in [-0.39, 0.29) is 23.0 Å². The molecule has 1 rings (SSSR count). The fourth-order valence-corrected chi connectivity index (χ4v) is 4.80. The summed E-state index contributed by atoms with van der Waals surface area (Å²) >= 11 is 1.67. The summed E-state index contributed by atoms with van der Waals surface area (Å²) in [6, 6.07) is 0. The molecule has 1 heterocycles. The molecule has 168 valence electrons. The number of carbonyl (C=O) groups is 3. The third-order valence-electron chi connectivity index (χ3n) is 5.65. The highest BCUT2D eigenvalue weighted by molar-refractivity contribution is 8.00. The standard InChI is InChI=1S/C24H43NO3S/c1-19(2)14-13-17-29-22-18-23(27)25(24(22)28)16-12-10-8-6-5-7-9-11-15-21(26)20(3)4/h19-20,22H,5-18H2,1-4H3. The third kappa shape index (κ3) is 11.2. The number of Topliss-reactive ketones (excluding diaryl/α,β-unsaturated/α-hetero) is 1. The average Bonchev–Trinajstić information content (AvgIpc) is 2.93. The van der Waals surface area contributed by atoms with Crippen molar-refractivity contribution in [2.45, 2.75) is 110 Å². The second-order valence-corrected chi connectivity index (χ2v) is 10.5. The van der Waals surface area contributed by atoms with Crippen LogP contribution in [0.25, 0.3) is 0 Å². The first-order valence-electron chi connectivity index (χ1n) is 11.8. The van der Waals surface area contributed by atoms with Gasteiger partial charge in [-0.1, -0.05) is 72.6 Å². The van der Waals surface area contributed by atoms with Crippen molar-refractivity contribution in [1.29, 1.82) is 0 Å². The van der Waals surface area contributed by atoms with Crippen LogP contribution in [0.2, 0.25) is 0 Å². The molecular formula is C24H43NO3S. The number of nitrogens with zero attached hydrogens (tertiary/aromatic N) is 1. The van der Waals surface area contributed by atoms with Crippen molar-refractivity contribution < 1.29 is 14.4 Å². The molecule has 0 aromatic heterocycles. The van der Waals surface area contributed by atoms with Gasteiger partial charge in [0.25, 0.3) is 0 Å². The van der Waals surface area contributed by atoms with E-state index in [9.17, 15) is 14.4 Å². The Bertz CT molecular complexity index is 504. The Labute approximate surface area is 182 Å². The van der Waals surface area contributed by atoms with Crippen molar-refractivity contribution in [2.75, 3.05) is 12.3 Å². The number of hydrogen-bond donors (Lipinski definition) is 0. The van der Waals surface area contributed by atoms with Crippen LogP contribution >= 0.6 is 11.8 Å². The largest absolute Gasteiger partial charge is 0.299 e. The number of unbranched alkanes of at least 4 members (excludes halogenated alkanes) is 7. The maximum Gasteiger partial charge on any atom is 0.242 e. The van der Waals surface area contributed by atoms with Gasteiger partial charge in [0, 0.05) is 25.3 Å². The number of likely N-dealkylation sites (tertiary alicyclic amines) is 1. The molecular weight excluding hydrogens is 382 g/mol. The van der Waals surface area contributed by atoms with E-state index in [4.69, 9.17) is 0 Å². The van der Waals surface area contributed by atoms with E-state index in [1.54, 1.807) is 11.8 Å². The minimum absolute atomic E-state index is 0.0207. The van der Waals surface area contributed by atoms with Gasteiger partial charge >= 0.3 is 0 Å². The van der Waals surface area contributed by atoms with Gasteiger partial charge in [-0.3, -0.25) is 19.3 Å². The van der Waals surface area contributed by atoms with Crippen LogP contribution in [-0.2, 0) is 14.4 Å². The lowest BCUT2D eigenvalue weighted by Gasteiger charge is -2.14. The number of carbonyl (C=O) groups excluding carboxylic acids is 3. The molecule has 1 saturated heterocycles. The normalized spacial score (nSPS) is 17.2. The van der Waals surface area contributed by atoms with Gasteiger partial charge in [0.1, 0.15) is 5.78 Å². The van der Waals surface area contributed by atoms with Gasteiger partial charge in [0.05, 0.1) is 5.25 Å². The molecule has 1 aliphatic heterocycles. The van der Waals surface area contributed by atoms with Gasteiger partial charge in [0.15, 0.2) is 0 Å². The first-order chi connectivity index (χ1) is 13.8. The molecule has 1 fully saturated rings. The molecule has 0 radical (unpaired) electrons. The maximum absolute atomic E-state index is 12.5. The van der Waals surface area contributed by atoms with Crippen LogP contribution in [0.1, 0.15) is 105 Å².